The molecule has 1 aromatic heterocycles. The SMILES string of the molecule is O=C(O)C1CCC(O)(CNCCc2ccco2)CC1. The van der Waals surface area contributed by atoms with Crippen LogP contribution in [0.15, 0.2) is 22.8 Å². The molecule has 1 aliphatic rings. The highest BCUT2D eigenvalue weighted by Gasteiger charge is 2.35. The second-order valence-corrected chi connectivity index (χ2v) is 5.34. The Kier molecular flexibility index (Phi) is 4.61. The lowest BCUT2D eigenvalue weighted by molar-refractivity contribution is -0.144. The van der Waals surface area contributed by atoms with Crippen LogP contribution in [0.4, 0.5) is 0 Å². The fraction of sp³-hybridized carbons (Fsp3) is 0.643. The van der Waals surface area contributed by atoms with Gasteiger partial charge in [0.25, 0.3) is 0 Å². The van der Waals surface area contributed by atoms with Gasteiger partial charge in [-0.2, -0.15) is 0 Å². The Morgan fingerprint density at radius 3 is 2.79 bits per heavy atom. The minimum atomic E-state index is -0.755. The number of carbonyl (C=O) groups is 1. The summed E-state index contributed by atoms with van der Waals surface area (Å²) in [6, 6.07) is 3.78. The molecule has 106 valence electrons. The van der Waals surface area contributed by atoms with Crippen molar-refractivity contribution in [2.75, 3.05) is 13.1 Å². The van der Waals surface area contributed by atoms with Gasteiger partial charge in [-0.3, -0.25) is 4.79 Å². The molecule has 1 saturated carbocycles. The molecule has 0 unspecified atom stereocenters. The van der Waals surface area contributed by atoms with Crippen molar-refractivity contribution in [2.24, 2.45) is 5.92 Å². The van der Waals surface area contributed by atoms with Gasteiger partial charge in [0.2, 0.25) is 0 Å². The molecule has 1 aliphatic carbocycles. The van der Waals surface area contributed by atoms with E-state index in [1.165, 1.54) is 0 Å². The Hall–Kier alpha value is -1.33. The van der Waals surface area contributed by atoms with E-state index in [2.05, 4.69) is 5.32 Å². The summed E-state index contributed by atoms with van der Waals surface area (Å²) >= 11 is 0. The van der Waals surface area contributed by atoms with E-state index in [9.17, 15) is 9.90 Å². The number of furan rings is 1. The first kappa shape index (κ1) is 14.1. The lowest BCUT2D eigenvalue weighted by Crippen LogP contribution is -2.44. The van der Waals surface area contributed by atoms with Crippen LogP contribution < -0.4 is 5.32 Å². The van der Waals surface area contributed by atoms with Crippen molar-refractivity contribution in [3.05, 3.63) is 24.2 Å². The largest absolute Gasteiger partial charge is 0.481 e. The van der Waals surface area contributed by atoms with Crippen LogP contribution in [-0.2, 0) is 11.2 Å². The first-order valence-corrected chi connectivity index (χ1v) is 6.77. The Bertz CT molecular complexity index is 394. The van der Waals surface area contributed by atoms with Crippen molar-refractivity contribution in [1.82, 2.24) is 5.32 Å². The van der Waals surface area contributed by atoms with Gasteiger partial charge in [0.1, 0.15) is 5.76 Å². The first-order chi connectivity index (χ1) is 9.09. The third kappa shape index (κ3) is 4.08. The Balaban J connectivity index is 1.66. The van der Waals surface area contributed by atoms with Crippen LogP contribution in [0.1, 0.15) is 31.4 Å². The van der Waals surface area contributed by atoms with E-state index in [-0.39, 0.29) is 5.92 Å². The number of carboxylic acid groups (broad SMARTS) is 1. The molecule has 0 radical (unpaired) electrons. The summed E-state index contributed by atoms with van der Waals surface area (Å²) < 4.78 is 5.22. The molecule has 3 N–H and O–H groups in total. The number of carboxylic acids is 1. The van der Waals surface area contributed by atoms with Crippen molar-refractivity contribution in [1.29, 1.82) is 0 Å². The molecule has 1 aromatic rings. The topological polar surface area (TPSA) is 82.7 Å². The smallest absolute Gasteiger partial charge is 0.306 e. The molecule has 0 aromatic carbocycles. The van der Waals surface area contributed by atoms with E-state index in [1.54, 1.807) is 6.26 Å². The summed E-state index contributed by atoms with van der Waals surface area (Å²) in [6.07, 6.45) is 4.67. The van der Waals surface area contributed by atoms with Gasteiger partial charge in [-0.05, 0) is 37.8 Å². The molecule has 0 atom stereocenters. The highest BCUT2D eigenvalue weighted by Crippen LogP contribution is 2.31. The number of hydrogen-bond acceptors (Lipinski definition) is 4. The molecule has 0 aliphatic heterocycles. The van der Waals surface area contributed by atoms with Crippen molar-refractivity contribution >= 4 is 5.97 Å². The quantitative estimate of drug-likeness (QED) is 0.679. The number of hydrogen-bond donors (Lipinski definition) is 3. The third-order valence-electron chi connectivity index (χ3n) is 3.85. The summed E-state index contributed by atoms with van der Waals surface area (Å²) in [5.74, 6) is -0.106. The number of aliphatic carboxylic acids is 1. The van der Waals surface area contributed by atoms with Gasteiger partial charge in [-0.1, -0.05) is 0 Å². The molecule has 0 bridgehead atoms. The van der Waals surface area contributed by atoms with Crippen LogP contribution in [0, 0.1) is 5.92 Å². The zero-order valence-electron chi connectivity index (χ0n) is 11.0. The van der Waals surface area contributed by atoms with E-state index in [0.29, 0.717) is 32.2 Å². The molecular weight excluding hydrogens is 246 g/mol. The molecule has 1 heterocycles. The Morgan fingerprint density at radius 1 is 1.47 bits per heavy atom. The molecule has 0 spiro atoms. The summed E-state index contributed by atoms with van der Waals surface area (Å²) in [5, 5.41) is 22.5. The lowest BCUT2D eigenvalue weighted by Gasteiger charge is -2.34. The molecule has 2 rings (SSSR count). The zero-order chi connectivity index (χ0) is 13.7. The third-order valence-corrected chi connectivity index (χ3v) is 3.85. The monoisotopic (exact) mass is 267 g/mol. The van der Waals surface area contributed by atoms with Crippen LogP contribution in [-0.4, -0.2) is 34.9 Å². The van der Waals surface area contributed by atoms with Crippen molar-refractivity contribution in [3.8, 4) is 0 Å². The predicted molar refractivity (Wildman–Crippen MR) is 69.8 cm³/mol. The van der Waals surface area contributed by atoms with E-state index < -0.39 is 11.6 Å². The normalized spacial score (nSPS) is 27.3. The zero-order valence-corrected chi connectivity index (χ0v) is 11.0. The summed E-state index contributed by atoms with van der Waals surface area (Å²) in [4.78, 5) is 10.8. The van der Waals surface area contributed by atoms with Crippen LogP contribution in [0.3, 0.4) is 0 Å². The average molecular weight is 267 g/mol. The molecule has 0 saturated heterocycles. The minimum Gasteiger partial charge on any atom is -0.481 e. The van der Waals surface area contributed by atoms with Gasteiger partial charge in [0.05, 0.1) is 17.8 Å². The number of rotatable bonds is 6. The van der Waals surface area contributed by atoms with Gasteiger partial charge >= 0.3 is 5.97 Å². The van der Waals surface area contributed by atoms with E-state index in [1.807, 2.05) is 12.1 Å². The van der Waals surface area contributed by atoms with Crippen LogP contribution in [0.2, 0.25) is 0 Å². The molecule has 1 fully saturated rings. The fourth-order valence-corrected chi connectivity index (χ4v) is 2.57. The van der Waals surface area contributed by atoms with Crippen LogP contribution in [0.5, 0.6) is 0 Å². The minimum absolute atomic E-state index is 0.289. The van der Waals surface area contributed by atoms with Gasteiger partial charge in [-0.15, -0.1) is 0 Å². The van der Waals surface area contributed by atoms with Gasteiger partial charge in [-0.25, -0.2) is 0 Å². The van der Waals surface area contributed by atoms with E-state index >= 15 is 0 Å². The molecular formula is C14H21NO4. The Labute approximate surface area is 112 Å². The second kappa shape index (κ2) is 6.21. The van der Waals surface area contributed by atoms with Gasteiger partial charge in [0, 0.05) is 19.5 Å². The standard InChI is InChI=1S/C14H21NO4/c16-13(17)11-3-6-14(18,7-4-11)10-15-8-5-12-2-1-9-19-12/h1-2,9,11,15,18H,3-8,10H2,(H,16,17). The second-order valence-electron chi connectivity index (χ2n) is 5.34. The highest BCUT2D eigenvalue weighted by atomic mass is 16.4. The van der Waals surface area contributed by atoms with E-state index in [4.69, 9.17) is 9.52 Å². The maximum atomic E-state index is 10.8. The number of nitrogens with one attached hydrogen (secondary N) is 1. The van der Waals surface area contributed by atoms with Gasteiger partial charge in [0.15, 0.2) is 0 Å². The van der Waals surface area contributed by atoms with E-state index in [0.717, 1.165) is 18.7 Å². The summed E-state index contributed by atoms with van der Waals surface area (Å²) in [6.45, 7) is 1.26. The molecule has 0 amide bonds. The molecule has 5 nitrogen and oxygen atoms in total. The predicted octanol–water partition coefficient (Wildman–Crippen LogP) is 1.42. The molecule has 5 heteroatoms. The summed E-state index contributed by atoms with van der Waals surface area (Å²) in [5.41, 5.74) is -0.755. The lowest BCUT2D eigenvalue weighted by atomic mass is 9.79. The van der Waals surface area contributed by atoms with Crippen molar-refractivity contribution in [3.63, 3.8) is 0 Å². The average Bonchev–Trinajstić information content (AvgIpc) is 2.88. The van der Waals surface area contributed by atoms with Crippen LogP contribution in [0.25, 0.3) is 0 Å². The van der Waals surface area contributed by atoms with Gasteiger partial charge < -0.3 is 19.9 Å². The fourth-order valence-electron chi connectivity index (χ4n) is 2.57. The maximum Gasteiger partial charge on any atom is 0.306 e. The molecule has 19 heavy (non-hydrogen) atoms. The number of aliphatic hydroxyl groups is 1. The van der Waals surface area contributed by atoms with Crippen molar-refractivity contribution in [2.45, 2.75) is 37.7 Å². The highest BCUT2D eigenvalue weighted by molar-refractivity contribution is 5.70. The Morgan fingerprint density at radius 2 is 2.21 bits per heavy atom. The summed E-state index contributed by atoms with van der Waals surface area (Å²) in [7, 11) is 0. The van der Waals surface area contributed by atoms with Crippen molar-refractivity contribution < 1.29 is 19.4 Å². The van der Waals surface area contributed by atoms with Crippen LogP contribution >= 0.6 is 0 Å². The maximum absolute atomic E-state index is 10.8. The first-order valence-electron chi connectivity index (χ1n) is 6.77.